The third kappa shape index (κ3) is 5.06. The quantitative estimate of drug-likeness (QED) is 0.623. The molecule has 0 aliphatic carbocycles. The predicted molar refractivity (Wildman–Crippen MR) is 83.7 cm³/mol. The Kier molecular flexibility index (Phi) is 5.69. The summed E-state index contributed by atoms with van der Waals surface area (Å²) in [6.07, 6.45) is 0.805. The molecule has 1 amide bonds. The van der Waals surface area contributed by atoms with E-state index in [0.717, 1.165) is 6.42 Å². The third-order valence-electron chi connectivity index (χ3n) is 2.99. The van der Waals surface area contributed by atoms with Crippen molar-refractivity contribution in [3.8, 4) is 0 Å². The predicted octanol–water partition coefficient (Wildman–Crippen LogP) is 3.19. The van der Waals surface area contributed by atoms with Crippen LogP contribution in [0, 0.1) is 15.5 Å². The highest BCUT2D eigenvalue weighted by atomic mass is 16.6. The SMILES string of the molecule is CCNc1cccc(C(=O)NCCC(C)(C)C)c1[N+](=O)[O-]. The molecule has 21 heavy (non-hydrogen) atoms. The van der Waals surface area contributed by atoms with Gasteiger partial charge in [0, 0.05) is 13.1 Å². The van der Waals surface area contributed by atoms with Gasteiger partial charge in [0.1, 0.15) is 11.3 Å². The molecule has 0 bridgehead atoms. The standard InChI is InChI=1S/C15H23N3O3/c1-5-16-12-8-6-7-11(13(12)18(20)21)14(19)17-10-9-15(2,3)4/h6-8,16H,5,9-10H2,1-4H3,(H,17,19). The third-order valence-corrected chi connectivity index (χ3v) is 2.99. The molecular formula is C15H23N3O3. The van der Waals surface area contributed by atoms with Gasteiger partial charge in [-0.25, -0.2) is 0 Å². The van der Waals surface area contributed by atoms with E-state index in [2.05, 4.69) is 31.4 Å². The zero-order valence-electron chi connectivity index (χ0n) is 13.0. The molecule has 0 radical (unpaired) electrons. The summed E-state index contributed by atoms with van der Waals surface area (Å²) >= 11 is 0. The van der Waals surface area contributed by atoms with Crippen LogP contribution in [0.2, 0.25) is 0 Å². The molecule has 1 rings (SSSR count). The van der Waals surface area contributed by atoms with Crippen LogP contribution in [0.15, 0.2) is 18.2 Å². The minimum atomic E-state index is -0.517. The number of rotatable bonds is 6. The van der Waals surface area contributed by atoms with Crippen molar-refractivity contribution in [1.29, 1.82) is 0 Å². The van der Waals surface area contributed by atoms with E-state index in [1.165, 1.54) is 6.07 Å². The smallest absolute Gasteiger partial charge is 0.305 e. The maximum Gasteiger partial charge on any atom is 0.305 e. The molecule has 2 N–H and O–H groups in total. The molecule has 6 nitrogen and oxygen atoms in total. The number of amides is 1. The van der Waals surface area contributed by atoms with Crippen molar-refractivity contribution in [2.75, 3.05) is 18.4 Å². The molecule has 0 aromatic heterocycles. The highest BCUT2D eigenvalue weighted by molar-refractivity contribution is 6.00. The van der Waals surface area contributed by atoms with Crippen LogP contribution in [0.3, 0.4) is 0 Å². The maximum atomic E-state index is 12.2. The Morgan fingerprint density at radius 3 is 2.52 bits per heavy atom. The number of nitro benzene ring substituents is 1. The van der Waals surface area contributed by atoms with Crippen LogP contribution in [0.4, 0.5) is 11.4 Å². The number of hydrogen-bond acceptors (Lipinski definition) is 4. The van der Waals surface area contributed by atoms with Crippen LogP contribution in [0.25, 0.3) is 0 Å². The van der Waals surface area contributed by atoms with Gasteiger partial charge < -0.3 is 10.6 Å². The van der Waals surface area contributed by atoms with Crippen LogP contribution >= 0.6 is 0 Å². The van der Waals surface area contributed by atoms with E-state index < -0.39 is 10.8 Å². The van der Waals surface area contributed by atoms with Crippen LogP contribution < -0.4 is 10.6 Å². The highest BCUT2D eigenvalue weighted by Crippen LogP contribution is 2.28. The van der Waals surface area contributed by atoms with Gasteiger partial charge in [-0.3, -0.25) is 14.9 Å². The Balaban J connectivity index is 2.93. The van der Waals surface area contributed by atoms with E-state index in [1.54, 1.807) is 12.1 Å². The molecule has 0 saturated carbocycles. The molecule has 0 aliphatic heterocycles. The molecule has 0 saturated heterocycles. The summed E-state index contributed by atoms with van der Waals surface area (Å²) < 4.78 is 0. The van der Waals surface area contributed by atoms with E-state index in [1.807, 2.05) is 6.92 Å². The minimum Gasteiger partial charge on any atom is -0.380 e. The summed E-state index contributed by atoms with van der Waals surface area (Å²) in [6.45, 7) is 9.12. The Bertz CT molecular complexity index is 521. The zero-order chi connectivity index (χ0) is 16.0. The molecule has 1 aromatic carbocycles. The summed E-state index contributed by atoms with van der Waals surface area (Å²) in [6, 6.07) is 4.72. The van der Waals surface area contributed by atoms with Crippen molar-refractivity contribution in [1.82, 2.24) is 5.32 Å². The van der Waals surface area contributed by atoms with Gasteiger partial charge >= 0.3 is 5.69 Å². The van der Waals surface area contributed by atoms with Crippen molar-refractivity contribution in [2.24, 2.45) is 5.41 Å². The summed E-state index contributed by atoms with van der Waals surface area (Å²) in [5.74, 6) is -0.411. The topological polar surface area (TPSA) is 84.3 Å². The lowest BCUT2D eigenvalue weighted by Crippen LogP contribution is -2.28. The summed E-state index contributed by atoms with van der Waals surface area (Å²) in [7, 11) is 0. The summed E-state index contributed by atoms with van der Waals surface area (Å²) in [4.78, 5) is 22.9. The van der Waals surface area contributed by atoms with E-state index in [9.17, 15) is 14.9 Å². The first-order chi connectivity index (χ1) is 9.76. The highest BCUT2D eigenvalue weighted by Gasteiger charge is 2.24. The van der Waals surface area contributed by atoms with Gasteiger partial charge in [0.15, 0.2) is 0 Å². The van der Waals surface area contributed by atoms with Gasteiger partial charge in [-0.1, -0.05) is 26.8 Å². The molecule has 6 heteroatoms. The molecule has 0 spiro atoms. The Labute approximate surface area is 125 Å². The van der Waals surface area contributed by atoms with Gasteiger partial charge in [-0.05, 0) is 30.9 Å². The van der Waals surface area contributed by atoms with Gasteiger partial charge in [0.25, 0.3) is 5.91 Å². The normalized spacial score (nSPS) is 11.0. The summed E-state index contributed by atoms with van der Waals surface area (Å²) in [5.41, 5.74) is 0.385. The van der Waals surface area contributed by atoms with Gasteiger partial charge in [-0.2, -0.15) is 0 Å². The fourth-order valence-electron chi connectivity index (χ4n) is 1.90. The van der Waals surface area contributed by atoms with Crippen LogP contribution in [-0.4, -0.2) is 23.9 Å². The second-order valence-electron chi connectivity index (χ2n) is 6.06. The molecule has 0 aliphatic rings. The maximum absolute atomic E-state index is 12.2. The molecule has 0 atom stereocenters. The summed E-state index contributed by atoms with van der Waals surface area (Å²) in [5, 5.41) is 16.9. The van der Waals surface area contributed by atoms with Crippen molar-refractivity contribution in [3.05, 3.63) is 33.9 Å². The number of hydrogen-bond donors (Lipinski definition) is 2. The molecule has 0 heterocycles. The first kappa shape index (κ1) is 16.9. The van der Waals surface area contributed by atoms with Crippen molar-refractivity contribution < 1.29 is 9.72 Å². The Hall–Kier alpha value is -2.11. The number of carbonyl (C=O) groups is 1. The number of nitro groups is 1. The molecule has 0 fully saturated rings. The average molecular weight is 293 g/mol. The second-order valence-corrected chi connectivity index (χ2v) is 6.06. The lowest BCUT2D eigenvalue weighted by atomic mass is 9.92. The second kappa shape index (κ2) is 7.06. The first-order valence-electron chi connectivity index (χ1n) is 7.05. The largest absolute Gasteiger partial charge is 0.380 e. The number of carbonyl (C=O) groups excluding carboxylic acids is 1. The lowest BCUT2D eigenvalue weighted by molar-refractivity contribution is -0.384. The van der Waals surface area contributed by atoms with E-state index in [4.69, 9.17) is 0 Å². The van der Waals surface area contributed by atoms with Crippen LogP contribution in [0.5, 0.6) is 0 Å². The number of nitrogens with zero attached hydrogens (tertiary/aromatic N) is 1. The van der Waals surface area contributed by atoms with E-state index >= 15 is 0 Å². The molecule has 0 unspecified atom stereocenters. The number of benzene rings is 1. The van der Waals surface area contributed by atoms with E-state index in [-0.39, 0.29) is 16.7 Å². The first-order valence-corrected chi connectivity index (χ1v) is 7.05. The fourth-order valence-corrected chi connectivity index (χ4v) is 1.90. The molecular weight excluding hydrogens is 270 g/mol. The Morgan fingerprint density at radius 1 is 1.33 bits per heavy atom. The van der Waals surface area contributed by atoms with Crippen LogP contribution in [0.1, 0.15) is 44.5 Å². The molecule has 1 aromatic rings. The van der Waals surface area contributed by atoms with Crippen LogP contribution in [-0.2, 0) is 0 Å². The average Bonchev–Trinajstić information content (AvgIpc) is 2.36. The van der Waals surface area contributed by atoms with Crippen molar-refractivity contribution in [2.45, 2.75) is 34.1 Å². The van der Waals surface area contributed by atoms with Gasteiger partial charge in [-0.15, -0.1) is 0 Å². The Morgan fingerprint density at radius 2 is 2.00 bits per heavy atom. The van der Waals surface area contributed by atoms with Gasteiger partial charge in [0.05, 0.1) is 4.92 Å². The van der Waals surface area contributed by atoms with Crippen molar-refractivity contribution in [3.63, 3.8) is 0 Å². The minimum absolute atomic E-state index is 0.0901. The van der Waals surface area contributed by atoms with E-state index in [0.29, 0.717) is 18.8 Å². The lowest BCUT2D eigenvalue weighted by Gasteiger charge is -2.18. The number of nitrogens with one attached hydrogen (secondary N) is 2. The molecule has 116 valence electrons. The zero-order valence-corrected chi connectivity index (χ0v) is 13.0. The number of anilines is 1. The van der Waals surface area contributed by atoms with Gasteiger partial charge in [0.2, 0.25) is 0 Å². The monoisotopic (exact) mass is 293 g/mol. The number of para-hydroxylation sites is 1. The fraction of sp³-hybridized carbons (Fsp3) is 0.533. The van der Waals surface area contributed by atoms with Crippen molar-refractivity contribution >= 4 is 17.3 Å².